The van der Waals surface area contributed by atoms with Crippen molar-refractivity contribution >= 4 is 39.0 Å². The molecular formula is C48H40N4O. The number of hydrogen-bond acceptors (Lipinski definition) is 5. The lowest BCUT2D eigenvalue weighted by Crippen LogP contribution is -2.54. The fourth-order valence-electron chi connectivity index (χ4n) is 8.73. The minimum absolute atomic E-state index is 0.0601. The molecule has 10 rings (SSSR count). The first-order chi connectivity index (χ1) is 26.0. The maximum atomic E-state index is 6.76. The number of nitrogens with one attached hydrogen (secondary N) is 3. The monoisotopic (exact) mass is 688 g/mol. The van der Waals surface area contributed by atoms with Crippen LogP contribution in [0.3, 0.4) is 0 Å². The zero-order valence-electron chi connectivity index (χ0n) is 29.8. The highest BCUT2D eigenvalue weighted by molar-refractivity contribution is 6.08. The summed E-state index contributed by atoms with van der Waals surface area (Å²) in [7, 11) is 0. The molecule has 0 radical (unpaired) electrons. The molecule has 2 aliphatic rings. The van der Waals surface area contributed by atoms with Crippen LogP contribution >= 0.6 is 0 Å². The van der Waals surface area contributed by atoms with Gasteiger partial charge in [0.15, 0.2) is 0 Å². The number of benzene rings is 7. The Morgan fingerprint density at radius 1 is 0.509 bits per heavy atom. The third kappa shape index (κ3) is 5.28. The Labute approximate surface area is 309 Å². The Bertz CT molecular complexity index is 2550. The van der Waals surface area contributed by atoms with E-state index in [9.17, 15) is 0 Å². The Kier molecular flexibility index (Phi) is 7.55. The van der Waals surface area contributed by atoms with Crippen LogP contribution in [0.25, 0.3) is 33.1 Å². The third-order valence-corrected chi connectivity index (χ3v) is 11.2. The van der Waals surface area contributed by atoms with Crippen molar-refractivity contribution in [3.8, 4) is 11.1 Å². The normalized spacial score (nSPS) is 18.9. The highest BCUT2D eigenvalue weighted by atomic mass is 16.3. The van der Waals surface area contributed by atoms with Crippen LogP contribution in [0.1, 0.15) is 60.2 Å². The molecule has 2 unspecified atom stereocenters. The Hall–Kier alpha value is -5.98. The van der Waals surface area contributed by atoms with Crippen LogP contribution in [0, 0.1) is 0 Å². The van der Waals surface area contributed by atoms with Gasteiger partial charge in [-0.1, -0.05) is 141 Å². The number of furan rings is 1. The van der Waals surface area contributed by atoms with Crippen molar-refractivity contribution in [2.45, 2.75) is 37.8 Å². The lowest BCUT2D eigenvalue weighted by atomic mass is 9.81. The van der Waals surface area contributed by atoms with E-state index < -0.39 is 0 Å². The SMILES string of the molecule is CC1(C)c2ccccc2-c2cccc(N(c3ccccc3)c3ccc4c(c3)oc3cccc(C5NC(c6ccccc6)NC(c6ccccc6)N5)c34)c21. The van der Waals surface area contributed by atoms with Gasteiger partial charge in [-0.3, -0.25) is 16.0 Å². The first kappa shape index (κ1) is 31.7. The molecule has 5 nitrogen and oxygen atoms in total. The molecular weight excluding hydrogens is 649 g/mol. The van der Waals surface area contributed by atoms with Crippen LogP contribution < -0.4 is 20.9 Å². The zero-order chi connectivity index (χ0) is 35.5. The van der Waals surface area contributed by atoms with Crippen molar-refractivity contribution in [3.05, 3.63) is 198 Å². The number of rotatable bonds is 6. The van der Waals surface area contributed by atoms with E-state index in [1.54, 1.807) is 0 Å². The number of para-hydroxylation sites is 1. The summed E-state index contributed by atoms with van der Waals surface area (Å²) in [5, 5.41) is 13.7. The van der Waals surface area contributed by atoms with Gasteiger partial charge in [0.05, 0.1) is 24.2 Å². The lowest BCUT2D eigenvalue weighted by Gasteiger charge is -2.39. The van der Waals surface area contributed by atoms with Gasteiger partial charge in [0.1, 0.15) is 11.2 Å². The van der Waals surface area contributed by atoms with Crippen molar-refractivity contribution in [2.24, 2.45) is 0 Å². The zero-order valence-corrected chi connectivity index (χ0v) is 29.8. The van der Waals surface area contributed by atoms with Gasteiger partial charge < -0.3 is 9.32 Å². The van der Waals surface area contributed by atoms with Crippen LogP contribution in [0.2, 0.25) is 0 Å². The van der Waals surface area contributed by atoms with Gasteiger partial charge in [-0.2, -0.15) is 0 Å². The standard InChI is InChI=1S/C48H40N4O/c1-48(2)39-25-13-12-22-35(39)36-23-14-26-40(44(36)48)52(33-20-10-5-11-21-33)34-28-29-37-42(30-34)53-41-27-15-24-38(43(37)41)47-50-45(31-16-6-3-7-17-31)49-46(51-47)32-18-8-4-9-19-32/h3-30,45-47,49-51H,1-2H3. The van der Waals surface area contributed by atoms with E-state index in [0.29, 0.717) is 0 Å². The van der Waals surface area contributed by atoms with Crippen LogP contribution in [-0.4, -0.2) is 0 Å². The molecule has 1 aliphatic carbocycles. The molecule has 0 spiro atoms. The molecule has 5 heteroatoms. The summed E-state index contributed by atoms with van der Waals surface area (Å²) in [6, 6.07) is 60.5. The summed E-state index contributed by atoms with van der Waals surface area (Å²) in [4.78, 5) is 2.39. The second-order valence-electron chi connectivity index (χ2n) is 14.7. The summed E-state index contributed by atoms with van der Waals surface area (Å²) in [6.07, 6.45) is -0.266. The number of nitrogens with zero attached hydrogens (tertiary/aromatic N) is 1. The Balaban J connectivity index is 1.10. The predicted molar refractivity (Wildman–Crippen MR) is 216 cm³/mol. The number of anilines is 3. The maximum absolute atomic E-state index is 6.76. The Morgan fingerprint density at radius 3 is 1.83 bits per heavy atom. The molecule has 1 fully saturated rings. The predicted octanol–water partition coefficient (Wildman–Crippen LogP) is 11.5. The molecule has 2 heterocycles. The minimum Gasteiger partial charge on any atom is -0.456 e. The highest BCUT2D eigenvalue weighted by Gasteiger charge is 2.39. The summed E-state index contributed by atoms with van der Waals surface area (Å²) < 4.78 is 6.76. The summed E-state index contributed by atoms with van der Waals surface area (Å²) >= 11 is 0. The number of hydrogen-bond donors (Lipinski definition) is 3. The van der Waals surface area contributed by atoms with Gasteiger partial charge >= 0.3 is 0 Å². The topological polar surface area (TPSA) is 52.5 Å². The molecule has 0 saturated carbocycles. The second kappa shape index (κ2) is 12.6. The fraction of sp³-hybridized carbons (Fsp3) is 0.125. The van der Waals surface area contributed by atoms with Crippen LogP contribution in [0.4, 0.5) is 17.1 Å². The van der Waals surface area contributed by atoms with Gasteiger partial charge in [0.2, 0.25) is 0 Å². The average Bonchev–Trinajstić information content (AvgIpc) is 3.71. The minimum atomic E-state index is -0.169. The van der Waals surface area contributed by atoms with E-state index in [0.717, 1.165) is 38.9 Å². The van der Waals surface area contributed by atoms with E-state index >= 15 is 0 Å². The molecule has 1 aliphatic heterocycles. The van der Waals surface area contributed by atoms with Crippen LogP contribution in [0.5, 0.6) is 0 Å². The van der Waals surface area contributed by atoms with Crippen molar-refractivity contribution in [3.63, 3.8) is 0 Å². The Morgan fingerprint density at radius 2 is 1.11 bits per heavy atom. The third-order valence-electron chi connectivity index (χ3n) is 11.2. The van der Waals surface area contributed by atoms with E-state index in [1.165, 1.54) is 39.1 Å². The lowest BCUT2D eigenvalue weighted by molar-refractivity contribution is 0.204. The largest absolute Gasteiger partial charge is 0.456 e. The molecule has 8 aromatic rings. The highest BCUT2D eigenvalue weighted by Crippen LogP contribution is 2.54. The van der Waals surface area contributed by atoms with Crippen molar-refractivity contribution in [1.29, 1.82) is 0 Å². The molecule has 258 valence electrons. The molecule has 2 atom stereocenters. The van der Waals surface area contributed by atoms with E-state index in [1.807, 2.05) is 0 Å². The molecule has 0 amide bonds. The maximum Gasteiger partial charge on any atom is 0.137 e. The summed E-state index contributed by atoms with van der Waals surface area (Å²) in [6.45, 7) is 4.70. The summed E-state index contributed by atoms with van der Waals surface area (Å²) in [5.74, 6) is 0. The van der Waals surface area contributed by atoms with E-state index in [4.69, 9.17) is 4.42 Å². The first-order valence-corrected chi connectivity index (χ1v) is 18.5. The first-order valence-electron chi connectivity index (χ1n) is 18.5. The second-order valence-corrected chi connectivity index (χ2v) is 14.7. The average molecular weight is 689 g/mol. The molecule has 7 aromatic carbocycles. The van der Waals surface area contributed by atoms with Gasteiger partial charge in [-0.05, 0) is 75.3 Å². The number of fused-ring (bicyclic) bond motifs is 6. The van der Waals surface area contributed by atoms with Gasteiger partial charge in [0.25, 0.3) is 0 Å². The molecule has 3 N–H and O–H groups in total. The van der Waals surface area contributed by atoms with Crippen molar-refractivity contribution in [2.75, 3.05) is 4.90 Å². The van der Waals surface area contributed by atoms with Crippen molar-refractivity contribution < 1.29 is 4.42 Å². The van der Waals surface area contributed by atoms with Crippen LogP contribution in [-0.2, 0) is 5.41 Å². The van der Waals surface area contributed by atoms with Crippen LogP contribution in [0.15, 0.2) is 174 Å². The van der Waals surface area contributed by atoms with Gasteiger partial charge in [-0.15, -0.1) is 0 Å². The van der Waals surface area contributed by atoms with Gasteiger partial charge in [0, 0.05) is 33.6 Å². The smallest absolute Gasteiger partial charge is 0.137 e. The van der Waals surface area contributed by atoms with Crippen molar-refractivity contribution in [1.82, 2.24) is 16.0 Å². The summed E-state index contributed by atoms with van der Waals surface area (Å²) in [5.41, 5.74) is 13.7. The molecule has 1 saturated heterocycles. The fourth-order valence-corrected chi connectivity index (χ4v) is 8.73. The molecule has 53 heavy (non-hydrogen) atoms. The van der Waals surface area contributed by atoms with Gasteiger partial charge in [-0.25, -0.2) is 0 Å². The molecule has 0 bridgehead atoms. The molecule has 1 aromatic heterocycles. The van der Waals surface area contributed by atoms with E-state index in [-0.39, 0.29) is 23.9 Å². The quantitative estimate of drug-likeness (QED) is 0.162. The van der Waals surface area contributed by atoms with E-state index in [2.05, 4.69) is 205 Å².